The molecule has 7 heteroatoms. The van der Waals surface area contributed by atoms with Gasteiger partial charge >= 0.3 is 0 Å². The Labute approximate surface area is 177 Å². The highest BCUT2D eigenvalue weighted by molar-refractivity contribution is 5.68. The number of hydrogen-bond acceptors (Lipinski definition) is 6. The monoisotopic (exact) mass is 420 g/mol. The third kappa shape index (κ3) is 2.21. The number of nitrogens with zero attached hydrogens (tertiary/aromatic N) is 1. The van der Waals surface area contributed by atoms with Gasteiger partial charge in [0.2, 0.25) is 0 Å². The summed E-state index contributed by atoms with van der Waals surface area (Å²) in [6.07, 6.45) is 1.82. The summed E-state index contributed by atoms with van der Waals surface area (Å²) in [4.78, 5) is 0. The van der Waals surface area contributed by atoms with Crippen molar-refractivity contribution in [3.05, 3.63) is 64.2 Å². The summed E-state index contributed by atoms with van der Waals surface area (Å²) in [5.41, 5.74) is 5.59. The number of phenols is 6. The number of rotatable bonds is 0. The van der Waals surface area contributed by atoms with Crippen LogP contribution in [-0.4, -0.2) is 37.2 Å². The molecule has 0 aliphatic carbocycles. The number of aromatic hydroxyl groups is 6. The van der Waals surface area contributed by atoms with Crippen molar-refractivity contribution in [3.63, 3.8) is 0 Å². The number of hydrogen-bond donors (Lipinski definition) is 6. The molecule has 3 aromatic rings. The van der Waals surface area contributed by atoms with Crippen LogP contribution in [0.2, 0.25) is 0 Å². The van der Waals surface area contributed by atoms with Gasteiger partial charge in [0.05, 0.1) is 6.54 Å². The molecule has 7 nitrogen and oxygen atoms in total. The fourth-order valence-corrected chi connectivity index (χ4v) is 6.20. The average Bonchev–Trinajstić information content (AvgIpc) is 3.03. The van der Waals surface area contributed by atoms with E-state index in [4.69, 9.17) is 0 Å². The van der Waals surface area contributed by atoms with Crippen LogP contribution in [0.3, 0.4) is 0 Å². The van der Waals surface area contributed by atoms with E-state index in [0.717, 1.165) is 33.5 Å². The maximum Gasteiger partial charge on any atom is 0.163 e. The molecule has 6 rings (SSSR count). The summed E-state index contributed by atoms with van der Waals surface area (Å²) in [5, 5.41) is 61.1. The second-order valence-electron chi connectivity index (χ2n) is 8.89. The minimum atomic E-state index is -0.178. The third-order valence-corrected chi connectivity index (χ3v) is 7.51. The molecule has 1 spiro atoms. The Hall–Kier alpha value is -3.58. The standard InChI is InChI=1S/C24H21NO6/c26-19-5-11-1-2-25-16-10-24(31)21(28)7-13(16)4-18(25)15-9-23(30)20(27)6-12(15)3-17(25)14(11)8-22(19)29/h5-10,17-18H,1-4H2,(H5-,26,27,28,29,30,31)/p+1/t17-,18?,25-/m1/s1. The third-order valence-electron chi connectivity index (χ3n) is 7.51. The van der Waals surface area contributed by atoms with E-state index >= 15 is 0 Å². The van der Waals surface area contributed by atoms with Crippen LogP contribution in [0.25, 0.3) is 0 Å². The topological polar surface area (TPSA) is 121 Å². The van der Waals surface area contributed by atoms with E-state index in [1.807, 2.05) is 0 Å². The molecule has 6 N–H and O–H groups in total. The molecule has 0 bridgehead atoms. The van der Waals surface area contributed by atoms with Crippen LogP contribution in [0.5, 0.6) is 34.5 Å². The van der Waals surface area contributed by atoms with Crippen molar-refractivity contribution in [1.82, 2.24) is 4.48 Å². The van der Waals surface area contributed by atoms with Gasteiger partial charge in [-0.1, -0.05) is 0 Å². The largest absolute Gasteiger partial charge is 0.504 e. The average molecular weight is 420 g/mol. The van der Waals surface area contributed by atoms with Crippen molar-refractivity contribution >= 4 is 5.69 Å². The molecule has 1 unspecified atom stereocenters. The minimum absolute atomic E-state index is 0.0828. The molecule has 3 atom stereocenters. The Balaban J connectivity index is 1.66. The Morgan fingerprint density at radius 1 is 0.548 bits per heavy atom. The molecule has 0 saturated heterocycles. The van der Waals surface area contributed by atoms with Gasteiger partial charge in [-0.3, -0.25) is 4.48 Å². The van der Waals surface area contributed by atoms with Crippen molar-refractivity contribution in [2.75, 3.05) is 6.54 Å². The Morgan fingerprint density at radius 3 is 1.65 bits per heavy atom. The van der Waals surface area contributed by atoms with E-state index in [0.29, 0.717) is 30.3 Å². The van der Waals surface area contributed by atoms with Gasteiger partial charge in [-0.05, 0) is 41.5 Å². The molecule has 0 saturated carbocycles. The van der Waals surface area contributed by atoms with Crippen molar-refractivity contribution in [2.45, 2.75) is 31.3 Å². The molecule has 31 heavy (non-hydrogen) atoms. The first-order chi connectivity index (χ1) is 14.8. The lowest BCUT2D eigenvalue weighted by molar-refractivity contribution is 0.127. The second-order valence-corrected chi connectivity index (χ2v) is 8.89. The first-order valence-electron chi connectivity index (χ1n) is 10.3. The fourth-order valence-electron chi connectivity index (χ4n) is 6.20. The van der Waals surface area contributed by atoms with Gasteiger partial charge in [-0.25, -0.2) is 0 Å². The number of phenolic OH excluding ortho intramolecular Hbond substituents is 6. The Morgan fingerprint density at radius 2 is 1.00 bits per heavy atom. The molecule has 0 fully saturated rings. The first kappa shape index (κ1) is 18.2. The fraction of sp³-hybridized carbons (Fsp3) is 0.250. The lowest BCUT2D eigenvalue weighted by Gasteiger charge is -2.52. The smallest absolute Gasteiger partial charge is 0.163 e. The van der Waals surface area contributed by atoms with Crippen molar-refractivity contribution in [1.29, 1.82) is 0 Å². The summed E-state index contributed by atoms with van der Waals surface area (Å²) in [6.45, 7) is 0.699. The summed E-state index contributed by atoms with van der Waals surface area (Å²) in [5.74, 6) is -1.01. The quantitative estimate of drug-likeness (QED) is 0.245. The van der Waals surface area contributed by atoms with Gasteiger partial charge in [0, 0.05) is 42.0 Å². The predicted molar refractivity (Wildman–Crippen MR) is 113 cm³/mol. The van der Waals surface area contributed by atoms with Crippen LogP contribution in [0.4, 0.5) is 5.69 Å². The maximum absolute atomic E-state index is 10.3. The van der Waals surface area contributed by atoms with Gasteiger partial charge in [-0.15, -0.1) is 0 Å². The highest BCUT2D eigenvalue weighted by Gasteiger charge is 2.58. The first-order valence-corrected chi connectivity index (χ1v) is 10.3. The SMILES string of the molecule is Oc1cc2c(cc1O)C1Cc3cc(O)c(O)cc3[N@@+]13CCc1cc(O)c(O)cc1[C@H]3C2. The molecule has 0 amide bonds. The molecule has 158 valence electrons. The van der Waals surface area contributed by atoms with Crippen LogP contribution in [0, 0.1) is 0 Å². The van der Waals surface area contributed by atoms with E-state index in [1.165, 1.54) is 0 Å². The Kier molecular flexibility index (Phi) is 3.39. The Bertz CT molecular complexity index is 1290. The normalized spacial score (nSPS) is 25.2. The molecule has 3 aliphatic heterocycles. The maximum atomic E-state index is 10.3. The zero-order chi connectivity index (χ0) is 21.7. The van der Waals surface area contributed by atoms with Crippen molar-refractivity contribution in [2.24, 2.45) is 0 Å². The molecule has 3 heterocycles. The van der Waals surface area contributed by atoms with Crippen molar-refractivity contribution < 1.29 is 30.6 Å². The second kappa shape index (κ2) is 5.76. The van der Waals surface area contributed by atoms with E-state index in [-0.39, 0.29) is 46.6 Å². The van der Waals surface area contributed by atoms with Gasteiger partial charge < -0.3 is 30.6 Å². The molecule has 3 aliphatic rings. The van der Waals surface area contributed by atoms with E-state index in [2.05, 4.69) is 0 Å². The zero-order valence-electron chi connectivity index (χ0n) is 16.6. The highest BCUT2D eigenvalue weighted by Crippen LogP contribution is 2.61. The lowest BCUT2D eigenvalue weighted by atomic mass is 9.78. The molecule has 0 radical (unpaired) electrons. The number of fused-ring (bicyclic) bond motifs is 5. The van der Waals surface area contributed by atoms with Gasteiger partial charge in [0.1, 0.15) is 17.8 Å². The zero-order valence-corrected chi connectivity index (χ0v) is 16.6. The predicted octanol–water partition coefficient (Wildman–Crippen LogP) is 3.38. The van der Waals surface area contributed by atoms with E-state index in [9.17, 15) is 30.6 Å². The minimum Gasteiger partial charge on any atom is -0.504 e. The summed E-state index contributed by atoms with van der Waals surface area (Å²) in [6, 6.07) is 9.50. The van der Waals surface area contributed by atoms with Crippen LogP contribution in [0.15, 0.2) is 36.4 Å². The number of benzene rings is 3. The molecule has 0 aromatic heterocycles. The molecular weight excluding hydrogens is 398 g/mol. The van der Waals surface area contributed by atoms with E-state index < -0.39 is 0 Å². The van der Waals surface area contributed by atoms with Crippen LogP contribution < -0.4 is 4.48 Å². The lowest BCUT2D eigenvalue weighted by Crippen LogP contribution is -2.58. The highest BCUT2D eigenvalue weighted by atomic mass is 16.3. The van der Waals surface area contributed by atoms with Crippen molar-refractivity contribution in [3.8, 4) is 34.5 Å². The number of quaternary nitrogens is 1. The summed E-state index contributed by atoms with van der Waals surface area (Å²) >= 11 is 0. The molecular formula is C24H22NO6+. The van der Waals surface area contributed by atoms with Crippen LogP contribution in [0.1, 0.15) is 39.9 Å². The van der Waals surface area contributed by atoms with Crippen LogP contribution in [-0.2, 0) is 19.3 Å². The molecule has 3 aromatic carbocycles. The van der Waals surface area contributed by atoms with Crippen LogP contribution >= 0.6 is 0 Å². The van der Waals surface area contributed by atoms with Gasteiger partial charge in [0.15, 0.2) is 34.5 Å². The summed E-state index contributed by atoms with van der Waals surface area (Å²) < 4.78 is 0.498. The van der Waals surface area contributed by atoms with Gasteiger partial charge in [-0.2, -0.15) is 0 Å². The van der Waals surface area contributed by atoms with E-state index in [1.54, 1.807) is 36.4 Å². The van der Waals surface area contributed by atoms with Gasteiger partial charge in [0.25, 0.3) is 0 Å². The summed E-state index contributed by atoms with van der Waals surface area (Å²) in [7, 11) is 0.